The van der Waals surface area contributed by atoms with Gasteiger partial charge in [-0.1, -0.05) is 31.4 Å². The summed E-state index contributed by atoms with van der Waals surface area (Å²) in [6.07, 6.45) is 11.8. The van der Waals surface area contributed by atoms with Crippen LogP contribution in [0.25, 0.3) is 0 Å². The van der Waals surface area contributed by atoms with Gasteiger partial charge in [0.15, 0.2) is 0 Å². The predicted molar refractivity (Wildman–Crippen MR) is 62.4 cm³/mol. The van der Waals surface area contributed by atoms with Crippen molar-refractivity contribution in [3.8, 4) is 0 Å². The molecule has 2 aliphatic carbocycles. The van der Waals surface area contributed by atoms with Crippen molar-refractivity contribution in [2.24, 2.45) is 0 Å². The maximum absolute atomic E-state index is 4.09. The van der Waals surface area contributed by atoms with Gasteiger partial charge in [-0.2, -0.15) is 0 Å². The molecule has 0 aromatic carbocycles. The van der Waals surface area contributed by atoms with Gasteiger partial charge >= 0.3 is 0 Å². The molecule has 0 amide bonds. The van der Waals surface area contributed by atoms with E-state index < -0.39 is 0 Å². The average molecular weight is 206 g/mol. The largest absolute Gasteiger partial charge is 0.281 e. The molecule has 3 aliphatic rings. The first-order valence-electron chi connectivity index (χ1n) is 6.47. The van der Waals surface area contributed by atoms with Gasteiger partial charge in [0.05, 0.1) is 11.3 Å². The second-order valence-corrected chi connectivity index (χ2v) is 5.72. The van der Waals surface area contributed by atoms with Gasteiger partial charge in [-0.05, 0) is 38.5 Å². The summed E-state index contributed by atoms with van der Waals surface area (Å²) in [6, 6.07) is 0. The molecule has 3 fully saturated rings. The third-order valence-electron chi connectivity index (χ3n) is 4.47. The van der Waals surface area contributed by atoms with Gasteiger partial charge in [-0.25, -0.2) is 0 Å². The first-order valence-corrected chi connectivity index (χ1v) is 6.47. The molecule has 15 heavy (non-hydrogen) atoms. The van der Waals surface area contributed by atoms with Crippen LogP contribution in [0.3, 0.4) is 0 Å². The van der Waals surface area contributed by atoms with Crippen molar-refractivity contribution in [2.75, 3.05) is 0 Å². The van der Waals surface area contributed by atoms with E-state index in [1.165, 1.54) is 63.4 Å². The van der Waals surface area contributed by atoms with Crippen LogP contribution >= 0.6 is 0 Å². The van der Waals surface area contributed by atoms with Crippen LogP contribution in [0.5, 0.6) is 0 Å². The SMILES string of the molecule is C=C1CCC2(CC1)NC1(CCCCC1)N2. The molecule has 0 aromatic heterocycles. The van der Waals surface area contributed by atoms with Gasteiger partial charge in [0.25, 0.3) is 0 Å². The summed E-state index contributed by atoms with van der Waals surface area (Å²) in [7, 11) is 0. The molecular weight excluding hydrogens is 184 g/mol. The Kier molecular flexibility index (Phi) is 2.18. The molecule has 0 unspecified atom stereocenters. The highest BCUT2D eigenvalue weighted by Crippen LogP contribution is 2.42. The fraction of sp³-hybridized carbons (Fsp3) is 0.846. The summed E-state index contributed by atoms with van der Waals surface area (Å²) in [5.41, 5.74) is 2.06. The lowest BCUT2D eigenvalue weighted by Gasteiger charge is -2.62. The van der Waals surface area contributed by atoms with Gasteiger partial charge < -0.3 is 0 Å². The Bertz CT molecular complexity index is 256. The van der Waals surface area contributed by atoms with Crippen LogP contribution in [0.2, 0.25) is 0 Å². The number of rotatable bonds is 0. The first kappa shape index (κ1) is 9.86. The van der Waals surface area contributed by atoms with E-state index in [9.17, 15) is 0 Å². The maximum Gasteiger partial charge on any atom is 0.0721 e. The standard InChI is InChI=1S/C13H22N2/c1-11-5-9-13(10-6-11)14-12(15-13)7-3-2-4-8-12/h14-15H,1-10H2. The number of hydrogen-bond acceptors (Lipinski definition) is 2. The summed E-state index contributed by atoms with van der Waals surface area (Å²) < 4.78 is 0. The molecule has 0 radical (unpaired) electrons. The highest BCUT2D eigenvalue weighted by Gasteiger charge is 2.53. The second kappa shape index (κ2) is 3.33. The van der Waals surface area contributed by atoms with Crippen molar-refractivity contribution in [3.05, 3.63) is 12.2 Å². The third kappa shape index (κ3) is 1.64. The zero-order valence-electron chi connectivity index (χ0n) is 9.57. The Morgan fingerprint density at radius 1 is 0.800 bits per heavy atom. The van der Waals surface area contributed by atoms with Crippen molar-refractivity contribution in [2.45, 2.75) is 69.1 Å². The number of allylic oxidation sites excluding steroid dienone is 1. The Hall–Kier alpha value is -0.340. The van der Waals surface area contributed by atoms with Crippen LogP contribution in [0, 0.1) is 0 Å². The summed E-state index contributed by atoms with van der Waals surface area (Å²) in [5.74, 6) is 0. The van der Waals surface area contributed by atoms with E-state index >= 15 is 0 Å². The van der Waals surface area contributed by atoms with Gasteiger partial charge in [0.2, 0.25) is 0 Å². The molecule has 2 saturated carbocycles. The van der Waals surface area contributed by atoms with Crippen LogP contribution in [0.15, 0.2) is 12.2 Å². The molecule has 84 valence electrons. The molecule has 2 spiro atoms. The lowest BCUT2D eigenvalue weighted by molar-refractivity contribution is -0.0525. The number of nitrogens with one attached hydrogen (secondary N) is 2. The fourth-order valence-corrected chi connectivity index (χ4v) is 3.60. The monoisotopic (exact) mass is 206 g/mol. The normalized spacial score (nSPS) is 32.9. The van der Waals surface area contributed by atoms with E-state index in [-0.39, 0.29) is 0 Å². The minimum Gasteiger partial charge on any atom is -0.281 e. The number of hydrogen-bond donors (Lipinski definition) is 2. The Morgan fingerprint density at radius 3 is 1.93 bits per heavy atom. The van der Waals surface area contributed by atoms with Gasteiger partial charge in [-0.3, -0.25) is 10.6 Å². The first-order chi connectivity index (χ1) is 7.22. The summed E-state index contributed by atoms with van der Waals surface area (Å²) in [5, 5.41) is 7.76. The van der Waals surface area contributed by atoms with Gasteiger partial charge in [-0.15, -0.1) is 0 Å². The van der Waals surface area contributed by atoms with Crippen molar-refractivity contribution < 1.29 is 0 Å². The van der Waals surface area contributed by atoms with Crippen LogP contribution in [0.1, 0.15) is 57.8 Å². The summed E-state index contributed by atoms with van der Waals surface area (Å²) in [6.45, 7) is 4.09. The molecule has 0 bridgehead atoms. The Morgan fingerprint density at radius 2 is 1.33 bits per heavy atom. The fourth-order valence-electron chi connectivity index (χ4n) is 3.60. The predicted octanol–water partition coefficient (Wildman–Crippen LogP) is 2.67. The topological polar surface area (TPSA) is 24.1 Å². The smallest absolute Gasteiger partial charge is 0.0721 e. The molecule has 2 nitrogen and oxygen atoms in total. The van der Waals surface area contributed by atoms with Crippen molar-refractivity contribution in [3.63, 3.8) is 0 Å². The molecule has 1 aliphatic heterocycles. The van der Waals surface area contributed by atoms with E-state index in [2.05, 4.69) is 17.2 Å². The van der Waals surface area contributed by atoms with Crippen molar-refractivity contribution >= 4 is 0 Å². The lowest BCUT2D eigenvalue weighted by Crippen LogP contribution is -2.85. The van der Waals surface area contributed by atoms with E-state index in [1.807, 2.05) is 0 Å². The van der Waals surface area contributed by atoms with Gasteiger partial charge in [0, 0.05) is 0 Å². The third-order valence-corrected chi connectivity index (χ3v) is 4.47. The quantitative estimate of drug-likeness (QED) is 0.595. The van der Waals surface area contributed by atoms with E-state index in [1.54, 1.807) is 0 Å². The highest BCUT2D eigenvalue weighted by molar-refractivity contribution is 5.15. The molecule has 0 aromatic rings. The second-order valence-electron chi connectivity index (χ2n) is 5.72. The molecule has 1 heterocycles. The van der Waals surface area contributed by atoms with Crippen molar-refractivity contribution in [1.82, 2.24) is 10.6 Å². The molecule has 2 heteroatoms. The van der Waals surface area contributed by atoms with E-state index in [4.69, 9.17) is 0 Å². The zero-order chi connectivity index (χ0) is 10.4. The van der Waals surface area contributed by atoms with E-state index in [0.29, 0.717) is 11.3 Å². The zero-order valence-corrected chi connectivity index (χ0v) is 9.57. The maximum atomic E-state index is 4.09. The minimum absolute atomic E-state index is 0.290. The molecule has 3 rings (SSSR count). The summed E-state index contributed by atoms with van der Waals surface area (Å²) >= 11 is 0. The van der Waals surface area contributed by atoms with Gasteiger partial charge in [0.1, 0.15) is 0 Å². The molecule has 2 N–H and O–H groups in total. The average Bonchev–Trinajstić information content (AvgIpc) is 2.22. The summed E-state index contributed by atoms with van der Waals surface area (Å²) in [4.78, 5) is 0. The van der Waals surface area contributed by atoms with Crippen LogP contribution < -0.4 is 10.6 Å². The van der Waals surface area contributed by atoms with Crippen molar-refractivity contribution in [1.29, 1.82) is 0 Å². The van der Waals surface area contributed by atoms with Crippen LogP contribution in [-0.2, 0) is 0 Å². The van der Waals surface area contributed by atoms with Crippen LogP contribution in [0.4, 0.5) is 0 Å². The van der Waals surface area contributed by atoms with Crippen LogP contribution in [-0.4, -0.2) is 11.3 Å². The Balaban J connectivity index is 1.61. The molecule has 1 saturated heterocycles. The highest BCUT2D eigenvalue weighted by atomic mass is 15.4. The lowest BCUT2D eigenvalue weighted by atomic mass is 9.75. The Labute approximate surface area is 92.5 Å². The molecular formula is C13H22N2. The molecule has 0 atom stereocenters. The minimum atomic E-state index is 0.290. The van der Waals surface area contributed by atoms with E-state index in [0.717, 1.165) is 0 Å².